The number of benzene rings is 2. The monoisotopic (exact) mass is 420 g/mol. The predicted molar refractivity (Wildman–Crippen MR) is 117 cm³/mol. The van der Waals surface area contributed by atoms with E-state index in [2.05, 4.69) is 42.2 Å². The summed E-state index contributed by atoms with van der Waals surface area (Å²) in [4.78, 5) is 19.9. The van der Waals surface area contributed by atoms with Crippen LogP contribution >= 0.6 is 11.3 Å². The van der Waals surface area contributed by atoms with Crippen molar-refractivity contribution >= 4 is 17.2 Å². The first kappa shape index (κ1) is 19.1. The van der Waals surface area contributed by atoms with Crippen LogP contribution in [0.3, 0.4) is 0 Å². The van der Waals surface area contributed by atoms with Crippen LogP contribution in [0.25, 0.3) is 10.6 Å². The van der Waals surface area contributed by atoms with Crippen molar-refractivity contribution in [1.29, 1.82) is 0 Å². The van der Waals surface area contributed by atoms with E-state index in [0.717, 1.165) is 53.4 Å². The number of amides is 1. The molecule has 1 amide bonds. The fourth-order valence-corrected chi connectivity index (χ4v) is 4.89. The molecule has 3 heterocycles. The zero-order valence-corrected chi connectivity index (χ0v) is 17.8. The highest BCUT2D eigenvalue weighted by Crippen LogP contribution is 2.38. The summed E-state index contributed by atoms with van der Waals surface area (Å²) in [5.41, 5.74) is 3.88. The highest BCUT2D eigenvalue weighted by Gasteiger charge is 2.32. The van der Waals surface area contributed by atoms with Crippen LogP contribution in [0.5, 0.6) is 11.5 Å². The molecular formula is C24H24N2O3S. The summed E-state index contributed by atoms with van der Waals surface area (Å²) in [5.74, 6) is 1.56. The lowest BCUT2D eigenvalue weighted by Crippen LogP contribution is -2.30. The Hall–Kier alpha value is -2.86. The van der Waals surface area contributed by atoms with Crippen LogP contribution in [-0.4, -0.2) is 35.5 Å². The van der Waals surface area contributed by atoms with Gasteiger partial charge < -0.3 is 14.4 Å². The second-order valence-corrected chi connectivity index (χ2v) is 8.68. The highest BCUT2D eigenvalue weighted by molar-refractivity contribution is 7.13. The van der Waals surface area contributed by atoms with Crippen LogP contribution in [0, 0.1) is 6.92 Å². The number of hydrogen-bond acceptors (Lipinski definition) is 5. The van der Waals surface area contributed by atoms with Gasteiger partial charge in [0.25, 0.3) is 5.91 Å². The number of aryl methyl sites for hydroxylation is 1. The third kappa shape index (κ3) is 3.67. The molecule has 1 aromatic heterocycles. The van der Waals surface area contributed by atoms with Crippen molar-refractivity contribution in [2.45, 2.75) is 32.2 Å². The minimum Gasteiger partial charge on any atom is -0.490 e. The molecule has 0 saturated carbocycles. The summed E-state index contributed by atoms with van der Waals surface area (Å²) >= 11 is 1.52. The van der Waals surface area contributed by atoms with Crippen molar-refractivity contribution in [3.63, 3.8) is 0 Å². The molecule has 0 N–H and O–H groups in total. The fourth-order valence-electron chi connectivity index (χ4n) is 4.09. The first-order valence-corrected chi connectivity index (χ1v) is 11.3. The van der Waals surface area contributed by atoms with Gasteiger partial charge in [0.05, 0.1) is 19.3 Å². The Morgan fingerprint density at radius 3 is 2.70 bits per heavy atom. The molecule has 5 rings (SSSR count). The largest absolute Gasteiger partial charge is 0.490 e. The Morgan fingerprint density at radius 2 is 1.87 bits per heavy atom. The summed E-state index contributed by atoms with van der Waals surface area (Å²) in [6.45, 7) is 4.14. The summed E-state index contributed by atoms with van der Waals surface area (Å²) in [7, 11) is 0. The minimum absolute atomic E-state index is 0.000719. The van der Waals surface area contributed by atoms with Gasteiger partial charge in [0.1, 0.15) is 10.7 Å². The van der Waals surface area contributed by atoms with Crippen LogP contribution in [0.1, 0.15) is 46.9 Å². The molecular weight excluding hydrogens is 396 g/mol. The lowest BCUT2D eigenvalue weighted by Gasteiger charge is -2.25. The highest BCUT2D eigenvalue weighted by atomic mass is 32.1. The minimum atomic E-state index is -0.000719. The molecule has 0 unspecified atom stereocenters. The maximum atomic E-state index is 13.3. The number of hydrogen-bond donors (Lipinski definition) is 0. The van der Waals surface area contributed by atoms with E-state index in [1.807, 2.05) is 22.4 Å². The average Bonchev–Trinajstić information content (AvgIpc) is 3.39. The van der Waals surface area contributed by atoms with Gasteiger partial charge in [-0.1, -0.05) is 35.9 Å². The third-order valence-corrected chi connectivity index (χ3v) is 6.58. The van der Waals surface area contributed by atoms with Crippen LogP contribution in [-0.2, 0) is 0 Å². The molecule has 1 atom stereocenters. The molecule has 5 nitrogen and oxygen atoms in total. The number of likely N-dealkylation sites (tertiary alicyclic amines) is 1. The standard InChI is InChI=1S/C24H24N2O3S/c1-16-5-7-17(8-6-16)23-25-19(15-30-23)24(27)26-11-2-4-20(26)18-9-10-21-22(14-18)29-13-3-12-28-21/h5-10,14-15,20H,2-4,11-13H2,1H3/t20-/m0/s1. The smallest absolute Gasteiger partial charge is 0.273 e. The topological polar surface area (TPSA) is 51.7 Å². The van der Waals surface area contributed by atoms with Crippen molar-refractivity contribution in [1.82, 2.24) is 9.88 Å². The molecule has 1 saturated heterocycles. The van der Waals surface area contributed by atoms with Gasteiger partial charge in [0, 0.05) is 23.9 Å². The maximum absolute atomic E-state index is 13.3. The Balaban J connectivity index is 1.38. The summed E-state index contributed by atoms with van der Waals surface area (Å²) < 4.78 is 11.6. The first-order valence-electron chi connectivity index (χ1n) is 10.4. The van der Waals surface area contributed by atoms with Crippen LogP contribution in [0.15, 0.2) is 47.8 Å². The Bertz CT molecular complexity index is 1060. The number of nitrogens with zero attached hydrogens (tertiary/aromatic N) is 2. The number of carbonyl (C=O) groups is 1. The molecule has 154 valence electrons. The Morgan fingerprint density at radius 1 is 1.07 bits per heavy atom. The van der Waals surface area contributed by atoms with Crippen LogP contribution in [0.2, 0.25) is 0 Å². The molecule has 2 aliphatic heterocycles. The van der Waals surface area contributed by atoms with E-state index in [0.29, 0.717) is 18.9 Å². The first-order chi connectivity index (χ1) is 14.7. The molecule has 0 spiro atoms. The van der Waals surface area contributed by atoms with E-state index in [1.54, 1.807) is 0 Å². The van der Waals surface area contributed by atoms with Gasteiger partial charge >= 0.3 is 0 Å². The summed E-state index contributed by atoms with van der Waals surface area (Å²) in [5, 5.41) is 2.76. The molecule has 2 aliphatic rings. The van der Waals surface area contributed by atoms with Crippen molar-refractivity contribution in [2.24, 2.45) is 0 Å². The number of aromatic nitrogens is 1. The van der Waals surface area contributed by atoms with Gasteiger partial charge in [0.15, 0.2) is 11.5 Å². The fraction of sp³-hybridized carbons (Fsp3) is 0.333. The number of ether oxygens (including phenoxy) is 2. The lowest BCUT2D eigenvalue weighted by atomic mass is 10.0. The number of fused-ring (bicyclic) bond motifs is 1. The molecule has 2 aromatic carbocycles. The molecule has 0 aliphatic carbocycles. The number of carbonyl (C=O) groups excluding carboxylic acids is 1. The molecule has 30 heavy (non-hydrogen) atoms. The zero-order valence-electron chi connectivity index (χ0n) is 17.0. The van der Waals surface area contributed by atoms with E-state index >= 15 is 0 Å². The van der Waals surface area contributed by atoms with Gasteiger partial charge in [-0.05, 0) is 37.5 Å². The van der Waals surface area contributed by atoms with Crippen molar-refractivity contribution in [3.8, 4) is 22.1 Å². The van der Waals surface area contributed by atoms with Gasteiger partial charge in [-0.25, -0.2) is 4.98 Å². The van der Waals surface area contributed by atoms with Crippen molar-refractivity contribution in [3.05, 3.63) is 64.7 Å². The lowest BCUT2D eigenvalue weighted by molar-refractivity contribution is 0.0730. The second-order valence-electron chi connectivity index (χ2n) is 7.82. The van der Waals surface area contributed by atoms with Crippen molar-refractivity contribution in [2.75, 3.05) is 19.8 Å². The zero-order chi connectivity index (χ0) is 20.5. The van der Waals surface area contributed by atoms with Gasteiger partial charge in [-0.3, -0.25) is 4.79 Å². The molecule has 0 bridgehead atoms. The summed E-state index contributed by atoms with van der Waals surface area (Å²) in [6.07, 6.45) is 2.81. The number of rotatable bonds is 3. The second kappa shape index (κ2) is 8.11. The van der Waals surface area contributed by atoms with Gasteiger partial charge in [-0.2, -0.15) is 0 Å². The normalized spacial score (nSPS) is 18.3. The van der Waals surface area contributed by atoms with E-state index in [9.17, 15) is 4.79 Å². The van der Waals surface area contributed by atoms with E-state index in [4.69, 9.17) is 9.47 Å². The predicted octanol–water partition coefficient (Wildman–Crippen LogP) is 5.26. The maximum Gasteiger partial charge on any atom is 0.273 e. The summed E-state index contributed by atoms with van der Waals surface area (Å²) in [6, 6.07) is 14.3. The quantitative estimate of drug-likeness (QED) is 0.580. The molecule has 0 radical (unpaired) electrons. The van der Waals surface area contributed by atoms with E-state index in [1.165, 1.54) is 16.9 Å². The Kier molecular flexibility index (Phi) is 5.17. The Labute approximate surface area is 180 Å². The van der Waals surface area contributed by atoms with Gasteiger partial charge in [0.2, 0.25) is 0 Å². The van der Waals surface area contributed by atoms with Crippen LogP contribution in [0.4, 0.5) is 0 Å². The van der Waals surface area contributed by atoms with Crippen molar-refractivity contribution < 1.29 is 14.3 Å². The third-order valence-electron chi connectivity index (χ3n) is 5.69. The van der Waals surface area contributed by atoms with E-state index < -0.39 is 0 Å². The molecule has 1 fully saturated rings. The number of thiazole rings is 1. The van der Waals surface area contributed by atoms with E-state index in [-0.39, 0.29) is 11.9 Å². The van der Waals surface area contributed by atoms with Crippen LogP contribution < -0.4 is 9.47 Å². The van der Waals surface area contributed by atoms with Gasteiger partial charge in [-0.15, -0.1) is 11.3 Å². The SMILES string of the molecule is Cc1ccc(-c2nc(C(=O)N3CCC[C@H]3c3ccc4c(c3)OCCCO4)cs2)cc1. The molecule has 6 heteroatoms. The average molecular weight is 421 g/mol. The molecule has 3 aromatic rings.